The van der Waals surface area contributed by atoms with E-state index in [1.807, 2.05) is 17.0 Å². The molecule has 0 spiro atoms. The van der Waals surface area contributed by atoms with Crippen molar-refractivity contribution >= 4 is 11.3 Å². The smallest absolute Gasteiger partial charge is 0.165 e. The van der Waals surface area contributed by atoms with Gasteiger partial charge in [0.05, 0.1) is 24.4 Å². The number of benzene rings is 1. The van der Waals surface area contributed by atoms with Gasteiger partial charge in [0.2, 0.25) is 0 Å². The molecule has 0 bridgehead atoms. The molecule has 1 N–H and O–H groups in total. The summed E-state index contributed by atoms with van der Waals surface area (Å²) in [5.41, 5.74) is 3.77. The first-order valence-corrected chi connectivity index (χ1v) is 7.62. The van der Waals surface area contributed by atoms with E-state index in [2.05, 4.69) is 17.2 Å². The summed E-state index contributed by atoms with van der Waals surface area (Å²) < 4.78 is 18.7. The van der Waals surface area contributed by atoms with Gasteiger partial charge in [0.25, 0.3) is 0 Å². The Labute approximate surface area is 122 Å². The first-order chi connectivity index (χ1) is 9.74. The molecule has 0 fully saturated rings. The number of methoxy groups -OCH3 is 1. The van der Waals surface area contributed by atoms with Crippen LogP contribution in [0.25, 0.3) is 0 Å². The molecule has 1 unspecified atom stereocenters. The number of thiazole rings is 1. The topological polar surface area (TPSA) is 34.1 Å². The summed E-state index contributed by atoms with van der Waals surface area (Å²) in [6.45, 7) is 3.04. The molecule has 0 aliphatic heterocycles. The largest absolute Gasteiger partial charge is 0.494 e. The summed E-state index contributed by atoms with van der Waals surface area (Å²) in [7, 11) is 1.47. The van der Waals surface area contributed by atoms with Crippen LogP contribution in [-0.4, -0.2) is 18.6 Å². The molecule has 0 saturated heterocycles. The minimum absolute atomic E-state index is 0.119. The van der Waals surface area contributed by atoms with Crippen molar-refractivity contribution in [3.63, 3.8) is 0 Å². The van der Waals surface area contributed by atoms with Gasteiger partial charge in [0, 0.05) is 5.38 Å². The molecule has 0 aliphatic rings. The second-order valence-electron chi connectivity index (χ2n) is 4.59. The molecule has 0 amide bonds. The fraction of sp³-hybridized carbons (Fsp3) is 0.400. The zero-order chi connectivity index (χ0) is 14.4. The van der Waals surface area contributed by atoms with Crippen LogP contribution in [0.2, 0.25) is 0 Å². The van der Waals surface area contributed by atoms with Gasteiger partial charge in [0.1, 0.15) is 0 Å². The van der Waals surface area contributed by atoms with Gasteiger partial charge < -0.3 is 10.1 Å². The van der Waals surface area contributed by atoms with Crippen molar-refractivity contribution in [2.45, 2.75) is 25.8 Å². The van der Waals surface area contributed by atoms with E-state index < -0.39 is 0 Å². The van der Waals surface area contributed by atoms with E-state index in [0.717, 1.165) is 24.2 Å². The number of nitrogens with one attached hydrogen (secondary N) is 1. The monoisotopic (exact) mass is 294 g/mol. The molecular formula is C15H19FN2OS. The second kappa shape index (κ2) is 7.36. The second-order valence-corrected chi connectivity index (χ2v) is 5.31. The highest BCUT2D eigenvalue weighted by molar-refractivity contribution is 7.07. The van der Waals surface area contributed by atoms with Gasteiger partial charge >= 0.3 is 0 Å². The first kappa shape index (κ1) is 14.9. The fourth-order valence-electron chi connectivity index (χ4n) is 2.07. The predicted octanol–water partition coefficient (Wildman–Crippen LogP) is 3.57. The summed E-state index contributed by atoms with van der Waals surface area (Å²) >= 11 is 1.58. The highest BCUT2D eigenvalue weighted by atomic mass is 32.1. The highest BCUT2D eigenvalue weighted by Gasteiger charge is 2.14. The quantitative estimate of drug-likeness (QED) is 0.847. The van der Waals surface area contributed by atoms with Crippen LogP contribution in [0.5, 0.6) is 5.75 Å². The summed E-state index contributed by atoms with van der Waals surface area (Å²) in [6.07, 6.45) is 1.77. The van der Waals surface area contributed by atoms with Gasteiger partial charge in [-0.15, -0.1) is 11.3 Å². The van der Waals surface area contributed by atoms with Crippen LogP contribution in [0.3, 0.4) is 0 Å². The normalized spacial score (nSPS) is 12.3. The lowest BCUT2D eigenvalue weighted by molar-refractivity contribution is 0.386. The maximum atomic E-state index is 13.7. The van der Waals surface area contributed by atoms with Crippen LogP contribution >= 0.6 is 11.3 Å². The highest BCUT2D eigenvalue weighted by Crippen LogP contribution is 2.22. The van der Waals surface area contributed by atoms with E-state index in [4.69, 9.17) is 4.74 Å². The SMILES string of the molecule is CCCNC(Cc1ccc(OC)c(F)c1)c1cscn1. The molecule has 108 valence electrons. The van der Waals surface area contributed by atoms with Crippen molar-refractivity contribution in [1.82, 2.24) is 10.3 Å². The molecule has 1 heterocycles. The zero-order valence-electron chi connectivity index (χ0n) is 11.7. The lowest BCUT2D eigenvalue weighted by Crippen LogP contribution is -2.24. The molecule has 2 aromatic rings. The van der Waals surface area contributed by atoms with Crippen LogP contribution in [0.1, 0.15) is 30.6 Å². The van der Waals surface area contributed by atoms with Crippen molar-refractivity contribution in [2.75, 3.05) is 13.7 Å². The third kappa shape index (κ3) is 3.77. The first-order valence-electron chi connectivity index (χ1n) is 6.68. The number of rotatable bonds is 7. The van der Waals surface area contributed by atoms with Crippen LogP contribution < -0.4 is 10.1 Å². The number of halogens is 1. The zero-order valence-corrected chi connectivity index (χ0v) is 12.5. The number of ether oxygens (including phenoxy) is 1. The molecule has 2 rings (SSSR count). The minimum atomic E-state index is -0.322. The van der Waals surface area contributed by atoms with Gasteiger partial charge in [-0.25, -0.2) is 9.37 Å². The van der Waals surface area contributed by atoms with Gasteiger partial charge in [-0.05, 0) is 37.1 Å². The Bertz CT molecular complexity index is 531. The summed E-state index contributed by atoms with van der Waals surface area (Å²) in [5, 5.41) is 5.49. The van der Waals surface area contributed by atoms with Crippen LogP contribution in [0, 0.1) is 5.82 Å². The van der Waals surface area contributed by atoms with Gasteiger partial charge in [-0.3, -0.25) is 0 Å². The van der Waals surface area contributed by atoms with Gasteiger partial charge in [-0.1, -0.05) is 13.0 Å². The van der Waals surface area contributed by atoms with Crippen molar-refractivity contribution < 1.29 is 9.13 Å². The summed E-state index contributed by atoms with van der Waals surface area (Å²) in [6, 6.07) is 5.22. The number of hydrogen-bond donors (Lipinski definition) is 1. The lowest BCUT2D eigenvalue weighted by Gasteiger charge is -2.17. The number of hydrogen-bond acceptors (Lipinski definition) is 4. The third-order valence-electron chi connectivity index (χ3n) is 3.11. The fourth-order valence-corrected chi connectivity index (χ4v) is 2.67. The molecule has 1 aromatic heterocycles. The number of aromatic nitrogens is 1. The van der Waals surface area contributed by atoms with E-state index in [1.54, 1.807) is 17.4 Å². The maximum absolute atomic E-state index is 13.7. The van der Waals surface area contributed by atoms with E-state index in [-0.39, 0.29) is 17.6 Å². The Morgan fingerprint density at radius 3 is 2.90 bits per heavy atom. The summed E-state index contributed by atoms with van der Waals surface area (Å²) in [4.78, 5) is 4.36. The third-order valence-corrected chi connectivity index (χ3v) is 3.71. The lowest BCUT2D eigenvalue weighted by atomic mass is 10.0. The molecule has 3 nitrogen and oxygen atoms in total. The average molecular weight is 294 g/mol. The van der Waals surface area contributed by atoms with E-state index in [0.29, 0.717) is 6.42 Å². The molecular weight excluding hydrogens is 275 g/mol. The van der Waals surface area contributed by atoms with E-state index in [9.17, 15) is 4.39 Å². The Morgan fingerprint density at radius 2 is 2.30 bits per heavy atom. The molecule has 20 heavy (non-hydrogen) atoms. The van der Waals surface area contributed by atoms with Crippen molar-refractivity contribution in [3.8, 4) is 5.75 Å². The van der Waals surface area contributed by atoms with E-state index in [1.165, 1.54) is 13.2 Å². The summed E-state index contributed by atoms with van der Waals surface area (Å²) in [5.74, 6) is -0.0435. The molecule has 5 heteroatoms. The minimum Gasteiger partial charge on any atom is -0.494 e. The predicted molar refractivity (Wildman–Crippen MR) is 79.8 cm³/mol. The Kier molecular flexibility index (Phi) is 5.49. The van der Waals surface area contributed by atoms with Crippen molar-refractivity contribution in [3.05, 3.63) is 46.2 Å². The average Bonchev–Trinajstić information content (AvgIpc) is 2.97. The maximum Gasteiger partial charge on any atom is 0.165 e. The molecule has 0 radical (unpaired) electrons. The van der Waals surface area contributed by atoms with Crippen molar-refractivity contribution in [2.24, 2.45) is 0 Å². The molecule has 1 atom stereocenters. The standard InChI is InChI=1S/C15H19FN2OS/c1-3-6-17-13(14-9-20-10-18-14)8-11-4-5-15(19-2)12(16)7-11/h4-5,7,9-10,13,17H,3,6,8H2,1-2H3. The van der Waals surface area contributed by atoms with Crippen LogP contribution in [0.4, 0.5) is 4.39 Å². The van der Waals surface area contributed by atoms with Crippen LogP contribution in [-0.2, 0) is 6.42 Å². The number of nitrogens with zero attached hydrogens (tertiary/aromatic N) is 1. The Hall–Kier alpha value is -1.46. The van der Waals surface area contributed by atoms with Gasteiger partial charge in [-0.2, -0.15) is 0 Å². The van der Waals surface area contributed by atoms with Crippen molar-refractivity contribution in [1.29, 1.82) is 0 Å². The molecule has 0 aliphatic carbocycles. The molecule has 1 aromatic carbocycles. The van der Waals surface area contributed by atoms with E-state index >= 15 is 0 Å². The van der Waals surface area contributed by atoms with Crippen LogP contribution in [0.15, 0.2) is 29.1 Å². The Balaban J connectivity index is 2.13. The molecule has 0 saturated carbocycles. The van der Waals surface area contributed by atoms with Gasteiger partial charge in [0.15, 0.2) is 11.6 Å². The Morgan fingerprint density at radius 1 is 1.45 bits per heavy atom.